The zero-order valence-electron chi connectivity index (χ0n) is 24.9. The molecule has 0 aromatic heterocycles. The molecule has 0 amide bonds. The zero-order valence-corrected chi connectivity index (χ0v) is 24.9. The molecular weight excluding hydrogens is 496 g/mol. The van der Waals surface area contributed by atoms with E-state index >= 15 is 0 Å². The van der Waals surface area contributed by atoms with Gasteiger partial charge in [-0.1, -0.05) is 101 Å². The van der Waals surface area contributed by atoms with Crippen LogP contribution in [0.2, 0.25) is 0 Å². The van der Waals surface area contributed by atoms with Gasteiger partial charge in [0.15, 0.2) is 13.6 Å². The number of benzene rings is 4. The van der Waals surface area contributed by atoms with Crippen molar-refractivity contribution in [1.82, 2.24) is 0 Å². The van der Waals surface area contributed by atoms with Crippen LogP contribution in [0.5, 0.6) is 11.5 Å². The molecule has 0 atom stereocenters. The maximum Gasteiger partial charge on any atom is 0.188 e. The summed E-state index contributed by atoms with van der Waals surface area (Å²) in [5, 5.41) is 4.69. The molecule has 40 heavy (non-hydrogen) atoms. The number of hydrogen-bond acceptors (Lipinski definition) is 4. The van der Waals surface area contributed by atoms with Crippen molar-refractivity contribution >= 4 is 21.5 Å². The summed E-state index contributed by atoms with van der Waals surface area (Å²) in [6.45, 7) is 4.87. The first-order chi connectivity index (χ1) is 19.7. The van der Waals surface area contributed by atoms with E-state index in [1.807, 2.05) is 0 Å². The van der Waals surface area contributed by atoms with E-state index in [4.69, 9.17) is 18.9 Å². The third-order valence-electron chi connectivity index (χ3n) is 7.64. The second-order valence-corrected chi connectivity index (χ2v) is 10.7. The molecule has 0 saturated heterocycles. The number of fused-ring (bicyclic) bond motifs is 2. The van der Waals surface area contributed by atoms with Crippen LogP contribution < -0.4 is 9.47 Å². The predicted molar refractivity (Wildman–Crippen MR) is 168 cm³/mol. The molecule has 0 bridgehead atoms. The van der Waals surface area contributed by atoms with Crippen molar-refractivity contribution in [2.24, 2.45) is 0 Å². The lowest BCUT2D eigenvalue weighted by Gasteiger charge is -2.20. The minimum Gasteiger partial charge on any atom is -0.467 e. The van der Waals surface area contributed by atoms with Crippen molar-refractivity contribution in [2.45, 2.75) is 78.1 Å². The standard InChI is InChI=1S/C36H46O4/c1-5-7-9-11-13-27-15-19-31-29(23-27)17-21-33(39-25-37-3)35(31)36-32-20-16-28(14-12-10-8-6-2)24-30(32)18-22-34(36)40-26-38-4/h15-24H,5-14,25-26H2,1-4H3. The molecule has 0 aliphatic heterocycles. The van der Waals surface area contributed by atoms with Crippen LogP contribution in [-0.4, -0.2) is 27.8 Å². The van der Waals surface area contributed by atoms with Gasteiger partial charge in [0.2, 0.25) is 0 Å². The number of rotatable bonds is 17. The Labute approximate surface area is 240 Å². The first kappa shape index (κ1) is 29.9. The average molecular weight is 543 g/mol. The third kappa shape index (κ3) is 7.56. The van der Waals surface area contributed by atoms with E-state index in [1.54, 1.807) is 14.2 Å². The van der Waals surface area contributed by atoms with Gasteiger partial charge < -0.3 is 18.9 Å². The van der Waals surface area contributed by atoms with Gasteiger partial charge in [-0.25, -0.2) is 0 Å². The van der Waals surface area contributed by atoms with Crippen molar-refractivity contribution in [3.63, 3.8) is 0 Å². The fraction of sp³-hybridized carbons (Fsp3) is 0.444. The van der Waals surface area contributed by atoms with Crippen molar-refractivity contribution in [2.75, 3.05) is 27.8 Å². The molecule has 0 heterocycles. The average Bonchev–Trinajstić information content (AvgIpc) is 2.98. The maximum atomic E-state index is 6.17. The van der Waals surface area contributed by atoms with Crippen molar-refractivity contribution in [3.8, 4) is 22.6 Å². The number of unbranched alkanes of at least 4 members (excludes halogenated alkanes) is 6. The van der Waals surface area contributed by atoms with E-state index in [2.05, 4.69) is 74.5 Å². The Hall–Kier alpha value is -3.08. The van der Waals surface area contributed by atoms with Crippen LogP contribution in [0.3, 0.4) is 0 Å². The van der Waals surface area contributed by atoms with E-state index < -0.39 is 0 Å². The van der Waals surface area contributed by atoms with Crippen LogP contribution >= 0.6 is 0 Å². The highest BCUT2D eigenvalue weighted by molar-refractivity contribution is 6.10. The highest BCUT2D eigenvalue weighted by atomic mass is 16.7. The molecule has 4 aromatic rings. The molecule has 0 saturated carbocycles. The normalized spacial score (nSPS) is 11.4. The molecule has 0 spiro atoms. The second kappa shape index (κ2) is 15.6. The molecule has 0 aliphatic carbocycles. The van der Waals surface area contributed by atoms with E-state index in [0.29, 0.717) is 0 Å². The summed E-state index contributed by atoms with van der Waals surface area (Å²) in [5.74, 6) is 1.56. The molecule has 214 valence electrons. The quantitative estimate of drug-likeness (QED) is 0.0983. The summed E-state index contributed by atoms with van der Waals surface area (Å²) in [6.07, 6.45) is 12.3. The van der Waals surface area contributed by atoms with Gasteiger partial charge in [0.25, 0.3) is 0 Å². The molecule has 4 aromatic carbocycles. The first-order valence-corrected chi connectivity index (χ1v) is 15.0. The summed E-state index contributed by atoms with van der Waals surface area (Å²) >= 11 is 0. The summed E-state index contributed by atoms with van der Waals surface area (Å²) in [5.41, 5.74) is 4.81. The number of methoxy groups -OCH3 is 2. The zero-order chi connectivity index (χ0) is 28.2. The monoisotopic (exact) mass is 542 g/mol. The van der Waals surface area contributed by atoms with Gasteiger partial charge in [0.05, 0.1) is 0 Å². The van der Waals surface area contributed by atoms with E-state index in [0.717, 1.165) is 46.2 Å². The number of aryl methyl sites for hydroxylation is 2. The van der Waals surface area contributed by atoms with Crippen LogP contribution in [0.1, 0.15) is 76.3 Å². The fourth-order valence-electron chi connectivity index (χ4n) is 5.54. The Kier molecular flexibility index (Phi) is 11.7. The van der Waals surface area contributed by atoms with Gasteiger partial charge in [-0.3, -0.25) is 0 Å². The van der Waals surface area contributed by atoms with Crippen LogP contribution in [0.25, 0.3) is 32.7 Å². The number of hydrogen-bond donors (Lipinski definition) is 0. The van der Waals surface area contributed by atoms with Gasteiger partial charge in [-0.05, 0) is 70.5 Å². The minimum absolute atomic E-state index is 0.176. The highest BCUT2D eigenvalue weighted by Crippen LogP contribution is 2.46. The Morgan fingerprint density at radius 2 is 0.950 bits per heavy atom. The van der Waals surface area contributed by atoms with E-state index in [9.17, 15) is 0 Å². The summed E-state index contributed by atoms with van der Waals surface area (Å²) in [4.78, 5) is 0. The third-order valence-corrected chi connectivity index (χ3v) is 7.64. The molecular formula is C36H46O4. The Bertz CT molecular complexity index is 1260. The summed E-state index contributed by atoms with van der Waals surface area (Å²) in [7, 11) is 3.30. The molecule has 0 aliphatic rings. The van der Waals surface area contributed by atoms with Gasteiger partial charge in [-0.15, -0.1) is 0 Å². The molecule has 4 nitrogen and oxygen atoms in total. The van der Waals surface area contributed by atoms with Gasteiger partial charge in [0, 0.05) is 25.3 Å². The van der Waals surface area contributed by atoms with Crippen LogP contribution in [-0.2, 0) is 22.3 Å². The lowest BCUT2D eigenvalue weighted by molar-refractivity contribution is 0.0502. The first-order valence-electron chi connectivity index (χ1n) is 15.0. The van der Waals surface area contributed by atoms with Crippen LogP contribution in [0.15, 0.2) is 60.7 Å². The van der Waals surface area contributed by atoms with Crippen LogP contribution in [0, 0.1) is 0 Å². The SMILES string of the molecule is CCCCCCc1ccc2c(-c3c(OCOC)ccc4cc(CCCCCC)ccc34)c(OCOC)ccc2c1. The predicted octanol–water partition coefficient (Wildman–Crippen LogP) is 9.87. The van der Waals surface area contributed by atoms with Crippen molar-refractivity contribution in [1.29, 1.82) is 0 Å². The lowest BCUT2D eigenvalue weighted by atomic mass is 9.90. The molecule has 4 heteroatoms. The van der Waals surface area contributed by atoms with Crippen LogP contribution in [0.4, 0.5) is 0 Å². The topological polar surface area (TPSA) is 36.9 Å². The second-order valence-electron chi connectivity index (χ2n) is 10.7. The fourth-order valence-corrected chi connectivity index (χ4v) is 5.54. The van der Waals surface area contributed by atoms with E-state index in [-0.39, 0.29) is 13.6 Å². The molecule has 0 fully saturated rings. The van der Waals surface area contributed by atoms with Crippen molar-refractivity contribution < 1.29 is 18.9 Å². The van der Waals surface area contributed by atoms with Gasteiger partial charge in [-0.2, -0.15) is 0 Å². The highest BCUT2D eigenvalue weighted by Gasteiger charge is 2.20. The largest absolute Gasteiger partial charge is 0.467 e. The molecule has 0 unspecified atom stereocenters. The summed E-state index contributed by atoms with van der Waals surface area (Å²) < 4.78 is 23.0. The van der Waals surface area contributed by atoms with Crippen molar-refractivity contribution in [3.05, 3.63) is 71.8 Å². The summed E-state index contributed by atoms with van der Waals surface area (Å²) in [6, 6.07) is 22.2. The molecule has 0 radical (unpaired) electrons. The molecule has 4 rings (SSSR count). The Morgan fingerprint density at radius 3 is 1.35 bits per heavy atom. The minimum atomic E-state index is 0.176. The van der Waals surface area contributed by atoms with Gasteiger partial charge in [0.1, 0.15) is 11.5 Å². The number of ether oxygens (including phenoxy) is 4. The van der Waals surface area contributed by atoms with E-state index in [1.165, 1.54) is 73.3 Å². The maximum absolute atomic E-state index is 6.17. The smallest absolute Gasteiger partial charge is 0.188 e. The Morgan fingerprint density at radius 1 is 0.500 bits per heavy atom. The Balaban J connectivity index is 1.83. The molecule has 0 N–H and O–H groups in total. The lowest BCUT2D eigenvalue weighted by Crippen LogP contribution is -2.04. The van der Waals surface area contributed by atoms with Gasteiger partial charge >= 0.3 is 0 Å².